The molecule has 0 bridgehead atoms. The molecule has 0 radical (unpaired) electrons. The van der Waals surface area contributed by atoms with E-state index in [1.54, 1.807) is 4.90 Å². The summed E-state index contributed by atoms with van der Waals surface area (Å²) in [5.74, 6) is -0.165. The molecule has 1 aromatic heterocycles. The van der Waals surface area contributed by atoms with E-state index in [1.165, 1.54) is 11.8 Å². The number of anilines is 1. The van der Waals surface area contributed by atoms with E-state index < -0.39 is 6.04 Å². The molecule has 0 unspecified atom stereocenters. The van der Waals surface area contributed by atoms with Gasteiger partial charge in [0, 0.05) is 36.7 Å². The summed E-state index contributed by atoms with van der Waals surface area (Å²) < 4.78 is 7.67. The number of hydrogen-bond donors (Lipinski definition) is 1. The van der Waals surface area contributed by atoms with Crippen molar-refractivity contribution in [2.24, 2.45) is 7.05 Å². The summed E-state index contributed by atoms with van der Waals surface area (Å²) in [6.07, 6.45) is 0.831. The summed E-state index contributed by atoms with van der Waals surface area (Å²) in [4.78, 5) is 28.8. The van der Waals surface area contributed by atoms with Gasteiger partial charge in [0.2, 0.25) is 11.8 Å². The molecule has 0 fully saturated rings. The molecule has 6 nitrogen and oxygen atoms in total. The molecule has 180 valence electrons. The van der Waals surface area contributed by atoms with Crippen molar-refractivity contribution < 1.29 is 14.3 Å². The van der Waals surface area contributed by atoms with Gasteiger partial charge in [-0.05, 0) is 51.0 Å². The second kappa shape index (κ2) is 10.4. The number of rotatable bonds is 7. The highest BCUT2D eigenvalue weighted by Gasteiger charge is 2.40. The molecule has 0 saturated carbocycles. The first-order valence-electron chi connectivity index (χ1n) is 11.5. The van der Waals surface area contributed by atoms with Crippen LogP contribution in [0.4, 0.5) is 5.69 Å². The van der Waals surface area contributed by atoms with Gasteiger partial charge in [0.25, 0.3) is 0 Å². The van der Waals surface area contributed by atoms with Gasteiger partial charge in [-0.3, -0.25) is 14.5 Å². The van der Waals surface area contributed by atoms with Gasteiger partial charge >= 0.3 is 0 Å². The molecule has 0 spiro atoms. The zero-order chi connectivity index (χ0) is 24.4. The average Bonchev–Trinajstić information content (AvgIpc) is 2.97. The SMILES string of the molecule is Cc1ccc(N2C(=O)CSc3c(c4ccccc4n3C)[C@@H]2C(=O)NCCCOC(C)C)c(Cl)c1. The maximum Gasteiger partial charge on any atom is 0.247 e. The minimum absolute atomic E-state index is 0.143. The fourth-order valence-corrected chi connectivity index (χ4v) is 5.73. The first-order chi connectivity index (χ1) is 16.3. The van der Waals surface area contributed by atoms with Crippen molar-refractivity contribution in [1.29, 1.82) is 0 Å². The molecule has 2 aromatic carbocycles. The van der Waals surface area contributed by atoms with Crippen LogP contribution in [0.3, 0.4) is 0 Å². The lowest BCUT2D eigenvalue weighted by Gasteiger charge is -2.30. The van der Waals surface area contributed by atoms with Crippen LogP contribution in [-0.2, 0) is 21.4 Å². The minimum atomic E-state index is -0.838. The Balaban J connectivity index is 1.79. The smallest absolute Gasteiger partial charge is 0.247 e. The second-order valence-electron chi connectivity index (χ2n) is 8.77. The third-order valence-corrected chi connectivity index (χ3v) is 7.37. The van der Waals surface area contributed by atoms with E-state index >= 15 is 0 Å². The maximum atomic E-state index is 13.8. The molecule has 1 atom stereocenters. The Morgan fingerprint density at radius 2 is 2.03 bits per heavy atom. The van der Waals surface area contributed by atoms with E-state index in [-0.39, 0.29) is 23.7 Å². The first-order valence-corrected chi connectivity index (χ1v) is 12.8. The van der Waals surface area contributed by atoms with Gasteiger partial charge in [0.1, 0.15) is 6.04 Å². The highest BCUT2D eigenvalue weighted by Crippen LogP contribution is 2.44. The van der Waals surface area contributed by atoms with Crippen molar-refractivity contribution in [3.63, 3.8) is 0 Å². The van der Waals surface area contributed by atoms with Crippen LogP contribution in [-0.4, -0.2) is 41.4 Å². The van der Waals surface area contributed by atoms with E-state index in [4.69, 9.17) is 16.3 Å². The van der Waals surface area contributed by atoms with Gasteiger partial charge in [0.05, 0.1) is 27.6 Å². The Bertz CT molecular complexity index is 1220. The van der Waals surface area contributed by atoms with E-state index in [0.717, 1.165) is 27.1 Å². The topological polar surface area (TPSA) is 63.6 Å². The molecule has 0 saturated heterocycles. The molecule has 4 rings (SSSR count). The van der Waals surface area contributed by atoms with Crippen molar-refractivity contribution in [2.75, 3.05) is 23.8 Å². The Morgan fingerprint density at radius 1 is 1.26 bits per heavy atom. The Kier molecular flexibility index (Phi) is 7.55. The van der Waals surface area contributed by atoms with Gasteiger partial charge in [-0.25, -0.2) is 0 Å². The molecule has 34 heavy (non-hydrogen) atoms. The van der Waals surface area contributed by atoms with Crippen LogP contribution in [0.2, 0.25) is 5.02 Å². The van der Waals surface area contributed by atoms with Crippen LogP contribution >= 0.6 is 23.4 Å². The molecule has 1 aliphatic rings. The van der Waals surface area contributed by atoms with Crippen molar-refractivity contribution in [3.8, 4) is 0 Å². The summed E-state index contributed by atoms with van der Waals surface area (Å²) >= 11 is 8.09. The van der Waals surface area contributed by atoms with Gasteiger partial charge < -0.3 is 14.6 Å². The summed E-state index contributed by atoms with van der Waals surface area (Å²) in [6, 6.07) is 12.7. The molecule has 1 aliphatic heterocycles. The van der Waals surface area contributed by atoms with E-state index in [0.29, 0.717) is 30.3 Å². The third-order valence-electron chi connectivity index (χ3n) is 5.91. The molecule has 1 N–H and O–H groups in total. The molecular formula is C26H30ClN3O3S. The van der Waals surface area contributed by atoms with Gasteiger partial charge in [-0.15, -0.1) is 0 Å². The number of amides is 2. The van der Waals surface area contributed by atoms with E-state index in [9.17, 15) is 9.59 Å². The number of benzene rings is 2. The molecule has 2 amide bonds. The molecule has 8 heteroatoms. The van der Waals surface area contributed by atoms with Crippen molar-refractivity contribution in [2.45, 2.75) is 44.4 Å². The standard InChI is InChI=1S/C26H30ClN3O3S/c1-16(2)33-13-7-12-28-25(32)24-23-18-8-5-6-9-20(18)29(4)26(23)34-15-22(31)30(24)21-11-10-17(3)14-19(21)27/h5-6,8-11,14,16,24H,7,12-13,15H2,1-4H3,(H,28,32)/t24-/m1/s1. The normalized spacial score (nSPS) is 16.1. The zero-order valence-electron chi connectivity index (χ0n) is 19.9. The Hall–Kier alpha value is -2.48. The number of hydrogen-bond acceptors (Lipinski definition) is 4. The number of thioether (sulfide) groups is 1. The highest BCUT2D eigenvalue weighted by molar-refractivity contribution is 8.00. The fourth-order valence-electron chi connectivity index (χ4n) is 4.34. The van der Waals surface area contributed by atoms with Gasteiger partial charge in [-0.1, -0.05) is 47.6 Å². The van der Waals surface area contributed by atoms with Crippen molar-refractivity contribution in [3.05, 3.63) is 58.6 Å². The predicted octanol–water partition coefficient (Wildman–Crippen LogP) is 5.25. The van der Waals surface area contributed by atoms with Crippen molar-refractivity contribution in [1.82, 2.24) is 9.88 Å². The maximum absolute atomic E-state index is 13.8. The number of fused-ring (bicyclic) bond motifs is 3. The summed E-state index contributed by atoms with van der Waals surface area (Å²) in [5, 5.41) is 5.37. The third kappa shape index (κ3) is 4.83. The number of carbonyl (C=O) groups excluding carboxylic acids is 2. The molecular weight excluding hydrogens is 470 g/mol. The van der Waals surface area contributed by atoms with Crippen LogP contribution < -0.4 is 10.2 Å². The Labute approximate surface area is 209 Å². The zero-order valence-corrected chi connectivity index (χ0v) is 21.5. The summed E-state index contributed by atoms with van der Waals surface area (Å²) in [5.41, 5.74) is 3.39. The summed E-state index contributed by atoms with van der Waals surface area (Å²) in [7, 11) is 1.98. The highest BCUT2D eigenvalue weighted by atomic mass is 35.5. The monoisotopic (exact) mass is 499 g/mol. The number of ether oxygens (including phenoxy) is 1. The first kappa shape index (κ1) is 24.6. The number of carbonyl (C=O) groups is 2. The fraction of sp³-hybridized carbons (Fsp3) is 0.385. The number of nitrogens with zero attached hydrogens (tertiary/aromatic N) is 2. The van der Waals surface area contributed by atoms with Crippen LogP contribution in [0.25, 0.3) is 10.9 Å². The number of nitrogens with one attached hydrogen (secondary N) is 1. The quantitative estimate of drug-likeness (QED) is 0.451. The summed E-state index contributed by atoms with van der Waals surface area (Å²) in [6.45, 7) is 6.93. The average molecular weight is 500 g/mol. The number of aromatic nitrogens is 1. The molecule has 3 aromatic rings. The van der Waals surface area contributed by atoms with E-state index in [2.05, 4.69) is 9.88 Å². The Morgan fingerprint density at radius 3 is 2.76 bits per heavy atom. The van der Waals surface area contributed by atoms with Crippen LogP contribution in [0.15, 0.2) is 47.5 Å². The van der Waals surface area contributed by atoms with Crippen LogP contribution in [0.1, 0.15) is 37.4 Å². The van der Waals surface area contributed by atoms with Crippen LogP contribution in [0.5, 0.6) is 0 Å². The second-order valence-corrected chi connectivity index (χ2v) is 10.1. The predicted molar refractivity (Wildman–Crippen MR) is 139 cm³/mol. The largest absolute Gasteiger partial charge is 0.379 e. The lowest BCUT2D eigenvalue weighted by atomic mass is 10.0. The molecule has 2 heterocycles. The van der Waals surface area contributed by atoms with Gasteiger partial charge in [-0.2, -0.15) is 0 Å². The number of halogens is 1. The molecule has 0 aliphatic carbocycles. The minimum Gasteiger partial charge on any atom is -0.379 e. The lowest BCUT2D eigenvalue weighted by Crippen LogP contribution is -2.44. The number of para-hydroxylation sites is 1. The van der Waals surface area contributed by atoms with Gasteiger partial charge in [0.15, 0.2) is 0 Å². The lowest BCUT2D eigenvalue weighted by molar-refractivity contribution is -0.125. The van der Waals surface area contributed by atoms with E-state index in [1.807, 2.05) is 70.3 Å². The number of aryl methyl sites for hydroxylation is 2. The van der Waals surface area contributed by atoms with Crippen LogP contribution in [0, 0.1) is 6.92 Å². The van der Waals surface area contributed by atoms with Crippen molar-refractivity contribution >= 4 is 51.8 Å².